The molecule has 0 fully saturated rings. The zero-order valence-electron chi connectivity index (χ0n) is 16.3. The molecule has 7 nitrogen and oxygen atoms in total. The smallest absolute Gasteiger partial charge is 0.286 e. The van der Waals surface area contributed by atoms with Crippen molar-refractivity contribution in [3.05, 3.63) is 86.6 Å². The normalized spacial score (nSPS) is 10.8. The summed E-state index contributed by atoms with van der Waals surface area (Å²) in [5.74, 6) is -0.398. The number of aromatic amines is 1. The summed E-state index contributed by atoms with van der Waals surface area (Å²) in [6.45, 7) is 1.53. The molecule has 0 unspecified atom stereocenters. The highest BCUT2D eigenvalue weighted by molar-refractivity contribution is 6.31. The fourth-order valence-electron chi connectivity index (χ4n) is 2.91. The van der Waals surface area contributed by atoms with Crippen molar-refractivity contribution in [3.63, 3.8) is 0 Å². The van der Waals surface area contributed by atoms with E-state index in [0.29, 0.717) is 21.4 Å². The Morgan fingerprint density at radius 2 is 1.74 bits per heavy atom. The summed E-state index contributed by atoms with van der Waals surface area (Å²) in [6, 6.07) is 17.1. The van der Waals surface area contributed by atoms with Gasteiger partial charge in [-0.1, -0.05) is 41.4 Å². The van der Waals surface area contributed by atoms with Gasteiger partial charge >= 0.3 is 0 Å². The Kier molecular flexibility index (Phi) is 5.88. The minimum absolute atomic E-state index is 0.167. The van der Waals surface area contributed by atoms with Crippen molar-refractivity contribution in [3.8, 4) is 28.4 Å². The Labute approximate surface area is 187 Å². The van der Waals surface area contributed by atoms with Gasteiger partial charge in [0.2, 0.25) is 5.88 Å². The molecule has 0 atom stereocenters. The lowest BCUT2D eigenvalue weighted by Crippen LogP contribution is -2.29. The standard InChI is InChI=1S/C22H16Cl2N4O3/c1-13-10-15(4-7-17(13)24)18-8-9-20(26-25-18)31-12-22(30)28-21(29)11-19(27-28)14-2-5-16(23)6-3-14/h2-11,27H,12H2,1H3. The fourth-order valence-corrected chi connectivity index (χ4v) is 3.16. The van der Waals surface area contributed by atoms with Crippen LogP contribution in [0, 0.1) is 6.92 Å². The summed E-state index contributed by atoms with van der Waals surface area (Å²) in [6.07, 6.45) is 0. The molecule has 0 saturated carbocycles. The second kappa shape index (κ2) is 8.75. The molecule has 0 amide bonds. The molecule has 0 spiro atoms. The van der Waals surface area contributed by atoms with Gasteiger partial charge in [0.15, 0.2) is 6.61 Å². The number of H-pyrrole nitrogens is 1. The zero-order chi connectivity index (χ0) is 22.0. The molecule has 9 heteroatoms. The molecule has 1 N–H and O–H groups in total. The van der Waals surface area contributed by atoms with Crippen LogP contribution >= 0.6 is 23.2 Å². The van der Waals surface area contributed by atoms with Crippen molar-refractivity contribution in [1.82, 2.24) is 20.0 Å². The van der Waals surface area contributed by atoms with Gasteiger partial charge in [-0.25, -0.2) is 0 Å². The number of nitrogens with one attached hydrogen (secondary N) is 1. The second-order valence-electron chi connectivity index (χ2n) is 6.75. The molecule has 4 aromatic rings. The number of ether oxygens (including phenoxy) is 1. The van der Waals surface area contributed by atoms with Crippen LogP contribution in [0.5, 0.6) is 5.88 Å². The van der Waals surface area contributed by atoms with Crippen LogP contribution in [0.4, 0.5) is 0 Å². The molecule has 4 rings (SSSR count). The molecule has 0 aliphatic carbocycles. The van der Waals surface area contributed by atoms with Gasteiger partial charge in [-0.15, -0.1) is 10.2 Å². The lowest BCUT2D eigenvalue weighted by atomic mass is 10.1. The van der Waals surface area contributed by atoms with Crippen LogP contribution < -0.4 is 10.3 Å². The van der Waals surface area contributed by atoms with E-state index in [1.54, 1.807) is 42.5 Å². The maximum Gasteiger partial charge on any atom is 0.286 e. The van der Waals surface area contributed by atoms with Crippen LogP contribution in [0.15, 0.2) is 65.5 Å². The number of carbonyl (C=O) groups excluding carboxylic acids is 1. The van der Waals surface area contributed by atoms with Crippen LogP contribution in [0.1, 0.15) is 10.4 Å². The SMILES string of the molecule is Cc1cc(-c2ccc(OCC(=O)n3[nH]c(-c4ccc(Cl)cc4)cc3=O)nn2)ccc1Cl. The quantitative estimate of drug-likeness (QED) is 0.474. The average molecular weight is 455 g/mol. The summed E-state index contributed by atoms with van der Waals surface area (Å²) in [5, 5.41) is 12.1. The van der Waals surface area contributed by atoms with Gasteiger partial charge < -0.3 is 4.74 Å². The molecule has 0 aliphatic rings. The van der Waals surface area contributed by atoms with E-state index >= 15 is 0 Å². The molecular formula is C22H16Cl2N4O3. The van der Waals surface area contributed by atoms with Crippen molar-refractivity contribution in [2.24, 2.45) is 0 Å². The third-order valence-electron chi connectivity index (χ3n) is 4.56. The van der Waals surface area contributed by atoms with E-state index in [1.165, 1.54) is 6.07 Å². The van der Waals surface area contributed by atoms with Crippen LogP contribution in [-0.4, -0.2) is 32.5 Å². The number of carbonyl (C=O) groups is 1. The predicted molar refractivity (Wildman–Crippen MR) is 119 cm³/mol. The molecule has 0 bridgehead atoms. The number of benzene rings is 2. The summed E-state index contributed by atoms with van der Waals surface area (Å²) >= 11 is 11.9. The monoisotopic (exact) mass is 454 g/mol. The first-order chi connectivity index (χ1) is 14.9. The highest BCUT2D eigenvalue weighted by Crippen LogP contribution is 2.23. The van der Waals surface area contributed by atoms with E-state index in [1.807, 2.05) is 19.1 Å². The van der Waals surface area contributed by atoms with Gasteiger partial charge in [0, 0.05) is 27.7 Å². The first-order valence-electron chi connectivity index (χ1n) is 9.25. The number of hydrogen-bond acceptors (Lipinski definition) is 5. The van der Waals surface area contributed by atoms with Crippen LogP contribution in [-0.2, 0) is 0 Å². The zero-order valence-corrected chi connectivity index (χ0v) is 17.8. The predicted octanol–water partition coefficient (Wildman–Crippen LogP) is 4.63. The first kappa shape index (κ1) is 20.8. The van der Waals surface area contributed by atoms with Gasteiger partial charge in [-0.05, 0) is 48.4 Å². The van der Waals surface area contributed by atoms with Gasteiger partial charge in [0.1, 0.15) is 0 Å². The van der Waals surface area contributed by atoms with E-state index < -0.39 is 11.5 Å². The Hall–Kier alpha value is -3.42. The Bertz CT molecular complexity index is 1300. The third kappa shape index (κ3) is 4.68. The maximum atomic E-state index is 12.4. The number of hydrogen-bond donors (Lipinski definition) is 1. The summed E-state index contributed by atoms with van der Waals surface area (Å²) in [7, 11) is 0. The fraction of sp³-hybridized carbons (Fsp3) is 0.0909. The van der Waals surface area contributed by atoms with Crippen LogP contribution in [0.25, 0.3) is 22.5 Å². The highest BCUT2D eigenvalue weighted by Gasteiger charge is 2.13. The van der Waals surface area contributed by atoms with Gasteiger partial charge in [0.05, 0.1) is 11.4 Å². The second-order valence-corrected chi connectivity index (χ2v) is 7.60. The highest BCUT2D eigenvalue weighted by atomic mass is 35.5. The van der Waals surface area contributed by atoms with E-state index in [4.69, 9.17) is 27.9 Å². The van der Waals surface area contributed by atoms with Crippen molar-refractivity contribution >= 4 is 29.1 Å². The Morgan fingerprint density at radius 1 is 1.00 bits per heavy atom. The van der Waals surface area contributed by atoms with Crippen molar-refractivity contribution in [2.45, 2.75) is 6.92 Å². The third-order valence-corrected chi connectivity index (χ3v) is 5.24. The maximum absolute atomic E-state index is 12.4. The molecule has 0 saturated heterocycles. The molecule has 2 heterocycles. The Balaban J connectivity index is 1.43. The number of nitrogens with zero attached hydrogens (tertiary/aromatic N) is 3. The summed E-state index contributed by atoms with van der Waals surface area (Å²) in [4.78, 5) is 24.6. The van der Waals surface area contributed by atoms with Gasteiger partial charge in [0.25, 0.3) is 11.5 Å². The molecule has 156 valence electrons. The molecule has 2 aromatic carbocycles. The number of halogens is 2. The number of rotatable bonds is 5. The first-order valence-corrected chi connectivity index (χ1v) is 10.0. The van der Waals surface area contributed by atoms with E-state index in [-0.39, 0.29) is 12.5 Å². The topological polar surface area (TPSA) is 89.9 Å². The molecular weight excluding hydrogens is 439 g/mol. The lowest BCUT2D eigenvalue weighted by Gasteiger charge is -2.06. The molecule has 2 aromatic heterocycles. The number of aryl methyl sites for hydroxylation is 1. The minimum atomic E-state index is -0.565. The van der Waals surface area contributed by atoms with Gasteiger partial charge in [-0.3, -0.25) is 14.7 Å². The molecule has 0 aliphatic heterocycles. The van der Waals surface area contributed by atoms with E-state index in [9.17, 15) is 9.59 Å². The number of aromatic nitrogens is 4. The largest absolute Gasteiger partial charge is 0.466 e. The van der Waals surface area contributed by atoms with Crippen molar-refractivity contribution in [2.75, 3.05) is 6.61 Å². The van der Waals surface area contributed by atoms with Crippen LogP contribution in [0.3, 0.4) is 0 Å². The Morgan fingerprint density at radius 3 is 2.42 bits per heavy atom. The molecule has 0 radical (unpaired) electrons. The van der Waals surface area contributed by atoms with E-state index in [2.05, 4.69) is 15.3 Å². The van der Waals surface area contributed by atoms with Crippen molar-refractivity contribution < 1.29 is 9.53 Å². The van der Waals surface area contributed by atoms with Crippen LogP contribution in [0.2, 0.25) is 10.0 Å². The van der Waals surface area contributed by atoms with Crippen molar-refractivity contribution in [1.29, 1.82) is 0 Å². The molecule has 31 heavy (non-hydrogen) atoms. The summed E-state index contributed by atoms with van der Waals surface area (Å²) in [5.41, 5.74) is 3.18. The van der Waals surface area contributed by atoms with Gasteiger partial charge in [-0.2, -0.15) is 4.68 Å². The summed E-state index contributed by atoms with van der Waals surface area (Å²) < 4.78 is 6.29. The lowest BCUT2D eigenvalue weighted by molar-refractivity contribution is 0.0813. The van der Waals surface area contributed by atoms with E-state index in [0.717, 1.165) is 21.4 Å². The average Bonchev–Trinajstić information content (AvgIpc) is 3.16. The minimum Gasteiger partial charge on any atom is -0.466 e.